The lowest BCUT2D eigenvalue weighted by atomic mass is 10.1. The summed E-state index contributed by atoms with van der Waals surface area (Å²) in [6, 6.07) is 8.47. The van der Waals surface area contributed by atoms with Crippen LogP contribution in [0.25, 0.3) is 10.9 Å². The maximum atomic E-state index is 6.00. The number of nitrogens with one attached hydrogen (secondary N) is 1. The number of ether oxygens (including phenoxy) is 1. The largest absolute Gasteiger partial charge is 0.473 e. The zero-order valence-electron chi connectivity index (χ0n) is 10.9. The van der Waals surface area contributed by atoms with Gasteiger partial charge in [0.1, 0.15) is 6.10 Å². The average Bonchev–Trinajstić information content (AvgIpc) is 2.58. The molecule has 0 saturated heterocycles. The topological polar surface area (TPSA) is 34.2 Å². The maximum absolute atomic E-state index is 6.00. The second-order valence-corrected chi connectivity index (χ2v) is 4.88. The fourth-order valence-corrected chi connectivity index (χ4v) is 2.40. The van der Waals surface area contributed by atoms with E-state index in [1.807, 2.05) is 0 Å². The lowest BCUT2D eigenvalue weighted by Gasteiger charge is -2.14. The highest BCUT2D eigenvalue weighted by atomic mass is 16.5. The molecular weight excluding hydrogens is 224 g/mol. The van der Waals surface area contributed by atoms with Crippen molar-refractivity contribution in [1.82, 2.24) is 10.3 Å². The Morgan fingerprint density at radius 3 is 3.17 bits per heavy atom. The van der Waals surface area contributed by atoms with Gasteiger partial charge in [-0.2, -0.15) is 0 Å². The molecule has 2 aromatic rings. The molecule has 94 valence electrons. The molecule has 0 fully saturated rings. The zero-order valence-corrected chi connectivity index (χ0v) is 10.9. The summed E-state index contributed by atoms with van der Waals surface area (Å²) in [7, 11) is 0. The van der Waals surface area contributed by atoms with E-state index < -0.39 is 0 Å². The standard InChI is InChI=1S/C15H18N2O/c1-3-13-9-16-8-12-7-11-6-4-5-10(2)14(11)17-15(12)18-13/h4-7,13,16H,3,8-9H2,1-2H3/t13-/m0/s1. The van der Waals surface area contributed by atoms with Gasteiger partial charge in [-0.15, -0.1) is 0 Å². The Morgan fingerprint density at radius 2 is 2.33 bits per heavy atom. The van der Waals surface area contributed by atoms with Gasteiger partial charge in [-0.3, -0.25) is 0 Å². The van der Waals surface area contributed by atoms with Crippen LogP contribution >= 0.6 is 0 Å². The number of fused-ring (bicyclic) bond motifs is 2. The highest BCUT2D eigenvalue weighted by molar-refractivity contribution is 5.83. The van der Waals surface area contributed by atoms with Crippen LogP contribution < -0.4 is 10.1 Å². The zero-order chi connectivity index (χ0) is 12.5. The molecule has 1 aliphatic heterocycles. The van der Waals surface area contributed by atoms with E-state index in [0.717, 1.165) is 36.5 Å². The molecule has 0 saturated carbocycles. The van der Waals surface area contributed by atoms with Crippen LogP contribution in [0.5, 0.6) is 5.88 Å². The number of nitrogens with zero attached hydrogens (tertiary/aromatic N) is 1. The molecule has 1 atom stereocenters. The minimum Gasteiger partial charge on any atom is -0.473 e. The molecule has 1 N–H and O–H groups in total. The Kier molecular flexibility index (Phi) is 2.92. The Labute approximate surface area is 107 Å². The van der Waals surface area contributed by atoms with Crippen LogP contribution in [-0.4, -0.2) is 17.6 Å². The molecule has 2 heterocycles. The van der Waals surface area contributed by atoms with Crippen LogP contribution in [0.3, 0.4) is 0 Å². The lowest BCUT2D eigenvalue weighted by molar-refractivity contribution is 0.195. The highest BCUT2D eigenvalue weighted by Gasteiger charge is 2.18. The summed E-state index contributed by atoms with van der Waals surface area (Å²) < 4.78 is 6.00. The van der Waals surface area contributed by atoms with Crippen molar-refractivity contribution in [1.29, 1.82) is 0 Å². The molecule has 3 heteroatoms. The van der Waals surface area contributed by atoms with Crippen molar-refractivity contribution in [3.63, 3.8) is 0 Å². The Balaban J connectivity index is 2.13. The Hall–Kier alpha value is -1.61. The first kappa shape index (κ1) is 11.5. The first-order valence-corrected chi connectivity index (χ1v) is 6.54. The normalized spacial score (nSPS) is 19.1. The van der Waals surface area contributed by atoms with E-state index in [0.29, 0.717) is 0 Å². The SMILES string of the molecule is CC[C@H]1CNCc2cc3cccc(C)c3nc2O1. The van der Waals surface area contributed by atoms with Gasteiger partial charge in [0.25, 0.3) is 0 Å². The quantitative estimate of drug-likeness (QED) is 0.835. The third-order valence-corrected chi connectivity index (χ3v) is 3.51. The predicted octanol–water partition coefficient (Wildman–Crippen LogP) is 2.80. The first-order valence-electron chi connectivity index (χ1n) is 6.54. The lowest BCUT2D eigenvalue weighted by Crippen LogP contribution is -2.27. The van der Waals surface area contributed by atoms with Gasteiger partial charge in [0.05, 0.1) is 5.52 Å². The van der Waals surface area contributed by atoms with E-state index in [9.17, 15) is 0 Å². The second kappa shape index (κ2) is 4.58. The molecule has 1 aromatic heterocycles. The number of hydrogen-bond donors (Lipinski definition) is 1. The third-order valence-electron chi connectivity index (χ3n) is 3.51. The summed E-state index contributed by atoms with van der Waals surface area (Å²) in [5.74, 6) is 0.800. The molecule has 0 radical (unpaired) electrons. The Morgan fingerprint density at radius 1 is 1.44 bits per heavy atom. The molecule has 0 aliphatic carbocycles. The van der Waals surface area contributed by atoms with Crippen molar-refractivity contribution in [2.24, 2.45) is 0 Å². The van der Waals surface area contributed by atoms with E-state index in [1.165, 1.54) is 10.9 Å². The van der Waals surface area contributed by atoms with Gasteiger partial charge >= 0.3 is 0 Å². The highest BCUT2D eigenvalue weighted by Crippen LogP contribution is 2.26. The van der Waals surface area contributed by atoms with Crippen molar-refractivity contribution in [2.45, 2.75) is 32.9 Å². The number of aryl methyl sites for hydroxylation is 1. The van der Waals surface area contributed by atoms with Gasteiger partial charge in [-0.25, -0.2) is 4.98 Å². The average molecular weight is 242 g/mol. The number of para-hydroxylation sites is 1. The summed E-state index contributed by atoms with van der Waals surface area (Å²) in [5, 5.41) is 4.61. The molecular formula is C15H18N2O. The van der Waals surface area contributed by atoms with Crippen LogP contribution in [0.1, 0.15) is 24.5 Å². The molecule has 0 amide bonds. The number of aromatic nitrogens is 1. The van der Waals surface area contributed by atoms with Gasteiger partial charge in [0.2, 0.25) is 5.88 Å². The second-order valence-electron chi connectivity index (χ2n) is 4.88. The molecule has 0 bridgehead atoms. The van der Waals surface area contributed by atoms with E-state index in [1.54, 1.807) is 0 Å². The van der Waals surface area contributed by atoms with Crippen molar-refractivity contribution in [3.8, 4) is 5.88 Å². The number of benzene rings is 1. The minimum absolute atomic E-state index is 0.222. The smallest absolute Gasteiger partial charge is 0.218 e. The Bertz CT molecular complexity index is 580. The van der Waals surface area contributed by atoms with Crippen molar-refractivity contribution >= 4 is 10.9 Å². The molecule has 3 nitrogen and oxygen atoms in total. The van der Waals surface area contributed by atoms with Gasteiger partial charge in [-0.1, -0.05) is 25.1 Å². The van der Waals surface area contributed by atoms with Crippen LogP contribution in [0.15, 0.2) is 24.3 Å². The molecule has 0 spiro atoms. The van der Waals surface area contributed by atoms with E-state index >= 15 is 0 Å². The summed E-state index contributed by atoms with van der Waals surface area (Å²) >= 11 is 0. The number of rotatable bonds is 1. The van der Waals surface area contributed by atoms with E-state index in [2.05, 4.69) is 43.4 Å². The van der Waals surface area contributed by atoms with E-state index in [-0.39, 0.29) is 6.10 Å². The maximum Gasteiger partial charge on any atom is 0.218 e. The summed E-state index contributed by atoms with van der Waals surface area (Å²) in [6.45, 7) is 5.96. The molecule has 0 unspecified atom stereocenters. The van der Waals surface area contributed by atoms with Crippen LogP contribution in [0, 0.1) is 6.92 Å². The number of pyridine rings is 1. The fraction of sp³-hybridized carbons (Fsp3) is 0.400. The van der Waals surface area contributed by atoms with Crippen molar-refractivity contribution < 1.29 is 4.74 Å². The molecule has 1 aromatic carbocycles. The van der Waals surface area contributed by atoms with Gasteiger partial charge in [0.15, 0.2) is 0 Å². The summed E-state index contributed by atoms with van der Waals surface area (Å²) in [6.07, 6.45) is 1.22. The van der Waals surface area contributed by atoms with Crippen LogP contribution in [-0.2, 0) is 6.54 Å². The van der Waals surface area contributed by atoms with Crippen LogP contribution in [0.2, 0.25) is 0 Å². The van der Waals surface area contributed by atoms with Crippen LogP contribution in [0.4, 0.5) is 0 Å². The summed E-state index contributed by atoms with van der Waals surface area (Å²) in [4.78, 5) is 4.71. The third kappa shape index (κ3) is 1.95. The molecule has 1 aliphatic rings. The minimum atomic E-state index is 0.222. The fourth-order valence-electron chi connectivity index (χ4n) is 2.40. The monoisotopic (exact) mass is 242 g/mol. The predicted molar refractivity (Wildman–Crippen MR) is 72.9 cm³/mol. The van der Waals surface area contributed by atoms with E-state index in [4.69, 9.17) is 9.72 Å². The van der Waals surface area contributed by atoms with Crippen molar-refractivity contribution in [3.05, 3.63) is 35.4 Å². The van der Waals surface area contributed by atoms with Gasteiger partial charge in [0, 0.05) is 24.0 Å². The van der Waals surface area contributed by atoms with Crippen molar-refractivity contribution in [2.75, 3.05) is 6.54 Å². The summed E-state index contributed by atoms with van der Waals surface area (Å²) in [5.41, 5.74) is 3.40. The number of hydrogen-bond acceptors (Lipinski definition) is 3. The molecule has 18 heavy (non-hydrogen) atoms. The first-order chi connectivity index (χ1) is 8.78. The van der Waals surface area contributed by atoms with Gasteiger partial charge < -0.3 is 10.1 Å². The van der Waals surface area contributed by atoms with Gasteiger partial charge in [-0.05, 0) is 25.0 Å². The molecule has 3 rings (SSSR count).